The molecule has 0 aromatic heterocycles. The summed E-state index contributed by atoms with van der Waals surface area (Å²) in [7, 11) is 8.03. The molecule has 0 saturated carbocycles. The highest BCUT2D eigenvalue weighted by Gasteiger charge is 2.60. The molecule has 1 aliphatic carbocycles. The second-order valence-corrected chi connectivity index (χ2v) is 7.30. The number of ketones is 1. The fourth-order valence-electron chi connectivity index (χ4n) is 4.76. The highest BCUT2D eigenvalue weighted by molar-refractivity contribution is 6.10. The topological polar surface area (TPSA) is 77.5 Å². The molecule has 1 spiro atoms. The summed E-state index contributed by atoms with van der Waals surface area (Å²) in [5.41, 5.74) is 1.29. The van der Waals surface area contributed by atoms with Crippen molar-refractivity contribution < 1.29 is 28.8 Å². The number of hydrogen-bond donors (Lipinski definition) is 1. The van der Waals surface area contributed by atoms with Crippen LogP contribution in [0.25, 0.3) is 0 Å². The number of carbonyl (C=O) groups is 1. The summed E-state index contributed by atoms with van der Waals surface area (Å²) < 4.78 is 21.9. The van der Waals surface area contributed by atoms with E-state index in [1.807, 2.05) is 18.0 Å². The Labute approximate surface area is 169 Å². The quantitative estimate of drug-likeness (QED) is 0.846. The van der Waals surface area contributed by atoms with Crippen molar-refractivity contribution in [3.8, 4) is 23.0 Å². The van der Waals surface area contributed by atoms with Crippen LogP contribution in [0.15, 0.2) is 24.3 Å². The molecule has 154 valence electrons. The number of Topliss-reactive ketones (excluding diaryl/α,β-unsaturated/α-hetero) is 1. The van der Waals surface area contributed by atoms with E-state index in [1.54, 1.807) is 32.4 Å². The van der Waals surface area contributed by atoms with Crippen molar-refractivity contribution in [3.05, 3.63) is 46.5 Å². The normalized spacial score (nSPS) is 23.0. The molecule has 1 heterocycles. The van der Waals surface area contributed by atoms with Crippen LogP contribution in [-0.2, 0) is 12.0 Å². The number of benzene rings is 2. The van der Waals surface area contributed by atoms with E-state index in [4.69, 9.17) is 18.9 Å². The van der Waals surface area contributed by atoms with Crippen LogP contribution in [0.2, 0.25) is 0 Å². The first kappa shape index (κ1) is 19.5. The summed E-state index contributed by atoms with van der Waals surface area (Å²) >= 11 is 0. The van der Waals surface area contributed by atoms with Crippen LogP contribution >= 0.6 is 0 Å². The SMILES string of the molecule is COc1cc2c(cc1OC)[C@]1(C(=O)c3ccc(OC)c(OC)c3[C@H]1O)N(C)CC2. The lowest BCUT2D eigenvalue weighted by atomic mass is 9.76. The number of likely N-dealkylation sites (N-methyl/N-ethyl adjacent to an activating group) is 1. The van der Waals surface area contributed by atoms with Crippen molar-refractivity contribution in [1.29, 1.82) is 0 Å². The van der Waals surface area contributed by atoms with Crippen molar-refractivity contribution in [2.75, 3.05) is 42.0 Å². The number of ether oxygens (including phenoxy) is 4. The third kappa shape index (κ3) is 2.41. The summed E-state index contributed by atoms with van der Waals surface area (Å²) in [6, 6.07) is 7.09. The average Bonchev–Trinajstić information content (AvgIpc) is 2.97. The van der Waals surface area contributed by atoms with E-state index < -0.39 is 11.6 Å². The second-order valence-electron chi connectivity index (χ2n) is 7.30. The minimum absolute atomic E-state index is 0.170. The van der Waals surface area contributed by atoms with Gasteiger partial charge in [-0.1, -0.05) is 0 Å². The highest BCUT2D eigenvalue weighted by atomic mass is 16.5. The fraction of sp³-hybridized carbons (Fsp3) is 0.409. The lowest BCUT2D eigenvalue weighted by Gasteiger charge is -2.45. The van der Waals surface area contributed by atoms with Crippen molar-refractivity contribution in [3.63, 3.8) is 0 Å². The van der Waals surface area contributed by atoms with Crippen molar-refractivity contribution >= 4 is 5.78 Å². The zero-order chi connectivity index (χ0) is 20.9. The molecular formula is C22H25NO6. The van der Waals surface area contributed by atoms with E-state index in [9.17, 15) is 9.90 Å². The van der Waals surface area contributed by atoms with Gasteiger partial charge in [0.1, 0.15) is 11.6 Å². The van der Waals surface area contributed by atoms with Crippen molar-refractivity contribution in [2.24, 2.45) is 0 Å². The van der Waals surface area contributed by atoms with Gasteiger partial charge in [-0.2, -0.15) is 0 Å². The van der Waals surface area contributed by atoms with Crippen LogP contribution in [0.4, 0.5) is 0 Å². The number of nitrogens with zero attached hydrogens (tertiary/aromatic N) is 1. The van der Waals surface area contributed by atoms with Gasteiger partial charge in [0.25, 0.3) is 0 Å². The zero-order valence-electron chi connectivity index (χ0n) is 17.2. The Balaban J connectivity index is 2.01. The summed E-state index contributed by atoms with van der Waals surface area (Å²) in [6.07, 6.45) is -0.401. The largest absolute Gasteiger partial charge is 0.493 e. The molecule has 7 nitrogen and oxygen atoms in total. The number of rotatable bonds is 4. The van der Waals surface area contributed by atoms with E-state index in [2.05, 4.69) is 0 Å². The molecule has 0 fully saturated rings. The van der Waals surface area contributed by atoms with Gasteiger partial charge in [0.2, 0.25) is 0 Å². The molecule has 0 amide bonds. The first-order valence-corrected chi connectivity index (χ1v) is 9.40. The Morgan fingerprint density at radius 2 is 1.66 bits per heavy atom. The number of aliphatic hydroxyl groups excluding tert-OH is 1. The van der Waals surface area contributed by atoms with Gasteiger partial charge in [-0.3, -0.25) is 9.69 Å². The number of carbonyl (C=O) groups excluding carboxylic acids is 1. The fourth-order valence-corrected chi connectivity index (χ4v) is 4.76. The minimum atomic E-state index is -1.27. The molecule has 4 rings (SSSR count). The van der Waals surface area contributed by atoms with Gasteiger partial charge in [0.15, 0.2) is 28.8 Å². The van der Waals surface area contributed by atoms with E-state index in [1.165, 1.54) is 14.2 Å². The molecular weight excluding hydrogens is 374 g/mol. The highest BCUT2D eigenvalue weighted by Crippen LogP contribution is 2.56. The number of fused-ring (bicyclic) bond motifs is 3. The molecule has 0 radical (unpaired) electrons. The molecule has 0 bridgehead atoms. The molecule has 2 aliphatic rings. The third-order valence-corrected chi connectivity index (χ3v) is 6.18. The van der Waals surface area contributed by atoms with Crippen LogP contribution < -0.4 is 18.9 Å². The summed E-state index contributed by atoms with van der Waals surface area (Å²) in [4.78, 5) is 15.7. The smallest absolute Gasteiger partial charge is 0.191 e. The molecule has 2 aromatic carbocycles. The Bertz CT molecular complexity index is 988. The van der Waals surface area contributed by atoms with Crippen LogP contribution in [0.1, 0.15) is 33.2 Å². The Morgan fingerprint density at radius 3 is 2.28 bits per heavy atom. The minimum Gasteiger partial charge on any atom is -0.493 e. The molecule has 2 atom stereocenters. The molecule has 29 heavy (non-hydrogen) atoms. The van der Waals surface area contributed by atoms with E-state index in [-0.39, 0.29) is 5.78 Å². The summed E-state index contributed by atoms with van der Waals surface area (Å²) in [6.45, 7) is 0.610. The van der Waals surface area contributed by atoms with Crippen LogP contribution in [0, 0.1) is 0 Å². The Hall–Kier alpha value is -2.77. The molecule has 0 unspecified atom stereocenters. The Kier molecular flexibility index (Phi) is 4.67. The van der Waals surface area contributed by atoms with E-state index in [0.717, 1.165) is 17.5 Å². The van der Waals surface area contributed by atoms with Gasteiger partial charge < -0.3 is 24.1 Å². The van der Waals surface area contributed by atoms with Crippen LogP contribution in [0.3, 0.4) is 0 Å². The number of aliphatic hydroxyl groups is 1. The first-order chi connectivity index (χ1) is 13.9. The van der Waals surface area contributed by atoms with E-state index in [0.29, 0.717) is 40.7 Å². The van der Waals surface area contributed by atoms with Crippen LogP contribution in [-0.4, -0.2) is 57.8 Å². The summed E-state index contributed by atoms with van der Waals surface area (Å²) in [5.74, 6) is 1.80. The lowest BCUT2D eigenvalue weighted by Crippen LogP contribution is -2.54. The first-order valence-electron chi connectivity index (χ1n) is 9.40. The monoisotopic (exact) mass is 399 g/mol. The van der Waals surface area contributed by atoms with Gasteiger partial charge in [-0.05, 0) is 48.9 Å². The predicted octanol–water partition coefficient (Wildman–Crippen LogP) is 2.33. The average molecular weight is 399 g/mol. The number of methoxy groups -OCH3 is 4. The summed E-state index contributed by atoms with van der Waals surface area (Å²) in [5, 5.41) is 11.6. The molecule has 7 heteroatoms. The predicted molar refractivity (Wildman–Crippen MR) is 106 cm³/mol. The van der Waals surface area contributed by atoms with Gasteiger partial charge in [0.05, 0.1) is 28.4 Å². The van der Waals surface area contributed by atoms with Crippen molar-refractivity contribution in [1.82, 2.24) is 4.90 Å². The van der Waals surface area contributed by atoms with Crippen molar-refractivity contribution in [2.45, 2.75) is 18.1 Å². The molecule has 2 aromatic rings. The van der Waals surface area contributed by atoms with Crippen LogP contribution in [0.5, 0.6) is 23.0 Å². The maximum Gasteiger partial charge on any atom is 0.191 e. The number of hydrogen-bond acceptors (Lipinski definition) is 7. The Morgan fingerprint density at radius 1 is 1.00 bits per heavy atom. The maximum atomic E-state index is 13.8. The van der Waals surface area contributed by atoms with Gasteiger partial charge in [-0.25, -0.2) is 0 Å². The molecule has 1 aliphatic heterocycles. The third-order valence-electron chi connectivity index (χ3n) is 6.18. The lowest BCUT2D eigenvalue weighted by molar-refractivity contribution is -0.00849. The van der Waals surface area contributed by atoms with Gasteiger partial charge in [-0.15, -0.1) is 0 Å². The van der Waals surface area contributed by atoms with Gasteiger partial charge >= 0.3 is 0 Å². The zero-order valence-corrected chi connectivity index (χ0v) is 17.2. The van der Waals surface area contributed by atoms with E-state index >= 15 is 0 Å². The maximum absolute atomic E-state index is 13.8. The molecule has 1 N–H and O–H groups in total. The standard InChI is InChI=1S/C22H25NO6/c1-23-9-8-12-10-16(27-3)17(28-4)11-14(12)22(23)20(24)13-6-7-15(26-2)19(29-5)18(13)21(22)25/h6-7,10-11,21,25H,8-9H2,1-5H3/t21-,22-/m1/s1. The second kappa shape index (κ2) is 6.93. The van der Waals surface area contributed by atoms with Gasteiger partial charge in [0, 0.05) is 17.7 Å². The molecule has 0 saturated heterocycles.